The molecule has 0 saturated carbocycles. The second-order valence-corrected chi connectivity index (χ2v) is 5.91. The first-order chi connectivity index (χ1) is 11.1. The number of fused-ring (bicyclic) bond motifs is 1. The Kier molecular flexibility index (Phi) is 4.29. The maximum absolute atomic E-state index is 11.2. The number of rotatable bonds is 3. The van der Waals surface area contributed by atoms with Crippen LogP contribution in [0.25, 0.3) is 0 Å². The average Bonchev–Trinajstić information content (AvgIpc) is 2.90. The largest absolute Gasteiger partial charge is 0.476 e. The molecule has 0 aliphatic carbocycles. The van der Waals surface area contributed by atoms with Gasteiger partial charge in [-0.25, -0.2) is 4.79 Å². The zero-order valence-corrected chi connectivity index (χ0v) is 13.6. The van der Waals surface area contributed by atoms with Crippen LogP contribution >= 0.6 is 12.2 Å². The molecule has 120 valence electrons. The van der Waals surface area contributed by atoms with E-state index >= 15 is 0 Å². The summed E-state index contributed by atoms with van der Waals surface area (Å²) in [7, 11) is 1.77. The molecule has 0 spiro atoms. The second kappa shape index (κ2) is 6.37. The van der Waals surface area contributed by atoms with Gasteiger partial charge in [0.05, 0.1) is 12.2 Å². The number of nitrogens with one attached hydrogen (secondary N) is 1. The normalized spacial score (nSPS) is 13.5. The van der Waals surface area contributed by atoms with Crippen LogP contribution in [-0.2, 0) is 26.6 Å². The highest BCUT2D eigenvalue weighted by atomic mass is 32.1. The Balaban J connectivity index is 1.67. The number of hydrogen-bond acceptors (Lipinski definition) is 3. The Morgan fingerprint density at radius 2 is 2.13 bits per heavy atom. The van der Waals surface area contributed by atoms with Gasteiger partial charge in [-0.15, -0.1) is 0 Å². The SMILES string of the molecule is Cn1nc(C(=O)O)c2c1CN(C(=S)NCc1ccccc1)CC2. The van der Waals surface area contributed by atoms with Crippen LogP contribution in [0.2, 0.25) is 0 Å². The number of aryl methyl sites for hydroxylation is 1. The lowest BCUT2D eigenvalue weighted by molar-refractivity contribution is 0.0688. The number of carboxylic acid groups (broad SMARTS) is 1. The minimum absolute atomic E-state index is 0.158. The van der Waals surface area contributed by atoms with Crippen LogP contribution in [0.15, 0.2) is 30.3 Å². The van der Waals surface area contributed by atoms with Crippen molar-refractivity contribution in [3.63, 3.8) is 0 Å². The van der Waals surface area contributed by atoms with Crippen LogP contribution in [0.1, 0.15) is 27.3 Å². The monoisotopic (exact) mass is 330 g/mol. The molecule has 3 rings (SSSR count). The zero-order chi connectivity index (χ0) is 16.4. The highest BCUT2D eigenvalue weighted by molar-refractivity contribution is 7.80. The van der Waals surface area contributed by atoms with Gasteiger partial charge in [-0.05, 0) is 24.2 Å². The number of carboxylic acids is 1. The van der Waals surface area contributed by atoms with E-state index in [1.54, 1.807) is 11.7 Å². The molecule has 2 heterocycles. The summed E-state index contributed by atoms with van der Waals surface area (Å²) in [6.07, 6.45) is 0.637. The maximum atomic E-state index is 11.2. The third-order valence-electron chi connectivity index (χ3n) is 4.02. The summed E-state index contributed by atoms with van der Waals surface area (Å²) in [6, 6.07) is 10.1. The molecule has 1 aromatic heterocycles. The molecule has 2 N–H and O–H groups in total. The Bertz CT molecular complexity index is 742. The molecule has 23 heavy (non-hydrogen) atoms. The van der Waals surface area contributed by atoms with Gasteiger partial charge in [0.2, 0.25) is 0 Å². The van der Waals surface area contributed by atoms with E-state index in [1.165, 1.54) is 5.56 Å². The first-order valence-electron chi connectivity index (χ1n) is 7.41. The molecule has 0 bridgehead atoms. The fourth-order valence-corrected chi connectivity index (χ4v) is 3.03. The highest BCUT2D eigenvalue weighted by Gasteiger charge is 2.27. The topological polar surface area (TPSA) is 70.4 Å². The van der Waals surface area contributed by atoms with Crippen molar-refractivity contribution in [3.8, 4) is 0 Å². The van der Waals surface area contributed by atoms with Crippen LogP contribution in [0.3, 0.4) is 0 Å². The van der Waals surface area contributed by atoms with E-state index < -0.39 is 5.97 Å². The fraction of sp³-hybridized carbons (Fsp3) is 0.312. The summed E-state index contributed by atoms with van der Waals surface area (Å²) in [5, 5.41) is 17.3. The molecule has 1 aromatic carbocycles. The average molecular weight is 330 g/mol. The van der Waals surface area contributed by atoms with Crippen molar-refractivity contribution >= 4 is 23.3 Å². The van der Waals surface area contributed by atoms with Crippen molar-refractivity contribution in [1.29, 1.82) is 0 Å². The van der Waals surface area contributed by atoms with Gasteiger partial charge in [0.25, 0.3) is 0 Å². The van der Waals surface area contributed by atoms with Crippen molar-refractivity contribution in [1.82, 2.24) is 20.0 Å². The molecule has 0 fully saturated rings. The minimum atomic E-state index is -0.972. The lowest BCUT2D eigenvalue weighted by Gasteiger charge is -2.30. The Hall–Kier alpha value is -2.41. The molecular weight excluding hydrogens is 312 g/mol. The third kappa shape index (κ3) is 3.19. The number of benzene rings is 1. The first kappa shape index (κ1) is 15.5. The van der Waals surface area contributed by atoms with Crippen LogP contribution in [-0.4, -0.2) is 37.4 Å². The maximum Gasteiger partial charge on any atom is 0.356 e. The molecule has 0 unspecified atom stereocenters. The standard InChI is InChI=1S/C16H18N4O2S/c1-19-13-10-20(8-7-12(13)14(18-19)15(21)22)16(23)17-9-11-5-3-2-4-6-11/h2-6H,7-10H2,1H3,(H,17,23)(H,21,22). The van der Waals surface area contributed by atoms with Gasteiger partial charge >= 0.3 is 5.97 Å². The molecule has 6 nitrogen and oxygen atoms in total. The van der Waals surface area contributed by atoms with Gasteiger partial charge in [-0.2, -0.15) is 5.10 Å². The van der Waals surface area contributed by atoms with E-state index in [9.17, 15) is 9.90 Å². The Morgan fingerprint density at radius 1 is 1.39 bits per heavy atom. The molecular formula is C16H18N4O2S. The van der Waals surface area contributed by atoms with Crippen molar-refractivity contribution in [3.05, 3.63) is 52.8 Å². The van der Waals surface area contributed by atoms with E-state index in [1.807, 2.05) is 35.2 Å². The summed E-state index contributed by atoms with van der Waals surface area (Å²) >= 11 is 5.47. The number of aromatic nitrogens is 2. The first-order valence-corrected chi connectivity index (χ1v) is 7.82. The smallest absolute Gasteiger partial charge is 0.356 e. The minimum Gasteiger partial charge on any atom is -0.476 e. The van der Waals surface area contributed by atoms with E-state index in [2.05, 4.69) is 10.4 Å². The molecule has 0 atom stereocenters. The molecule has 7 heteroatoms. The van der Waals surface area contributed by atoms with Crippen LogP contribution in [0.5, 0.6) is 0 Å². The zero-order valence-electron chi connectivity index (χ0n) is 12.8. The molecule has 1 aliphatic rings. The highest BCUT2D eigenvalue weighted by Crippen LogP contribution is 2.22. The summed E-state index contributed by atoms with van der Waals surface area (Å²) < 4.78 is 1.64. The van der Waals surface area contributed by atoms with Gasteiger partial charge in [0, 0.05) is 25.7 Å². The van der Waals surface area contributed by atoms with Gasteiger partial charge in [-0.3, -0.25) is 4.68 Å². The number of thiocarbonyl (C=S) groups is 1. The predicted octanol–water partition coefficient (Wildman–Crippen LogP) is 1.55. The summed E-state index contributed by atoms with van der Waals surface area (Å²) in [4.78, 5) is 13.3. The number of carbonyl (C=O) groups is 1. The third-order valence-corrected chi connectivity index (χ3v) is 4.43. The number of nitrogens with zero attached hydrogens (tertiary/aromatic N) is 3. The van der Waals surface area contributed by atoms with E-state index in [-0.39, 0.29) is 5.69 Å². The summed E-state index contributed by atoms with van der Waals surface area (Å²) in [5.74, 6) is -0.972. The van der Waals surface area contributed by atoms with Gasteiger partial charge < -0.3 is 15.3 Å². The van der Waals surface area contributed by atoms with E-state index in [0.29, 0.717) is 31.2 Å². The van der Waals surface area contributed by atoms with Crippen LogP contribution < -0.4 is 5.32 Å². The van der Waals surface area contributed by atoms with Crippen LogP contribution in [0.4, 0.5) is 0 Å². The van der Waals surface area contributed by atoms with Gasteiger partial charge in [0.1, 0.15) is 0 Å². The second-order valence-electron chi connectivity index (χ2n) is 5.52. The fourth-order valence-electron chi connectivity index (χ4n) is 2.80. The van der Waals surface area contributed by atoms with Gasteiger partial charge in [0.15, 0.2) is 10.8 Å². The number of aromatic carboxylic acids is 1. The quantitative estimate of drug-likeness (QED) is 0.832. The van der Waals surface area contributed by atoms with E-state index in [4.69, 9.17) is 12.2 Å². The lowest BCUT2D eigenvalue weighted by Crippen LogP contribution is -2.42. The predicted molar refractivity (Wildman–Crippen MR) is 90.2 cm³/mol. The van der Waals surface area contributed by atoms with Crippen molar-refractivity contribution in [2.75, 3.05) is 6.54 Å². The Labute approximate surface area is 139 Å². The lowest BCUT2D eigenvalue weighted by atomic mass is 10.0. The Morgan fingerprint density at radius 3 is 2.83 bits per heavy atom. The summed E-state index contributed by atoms with van der Waals surface area (Å²) in [5.41, 5.74) is 3.06. The molecule has 1 aliphatic heterocycles. The number of hydrogen-bond donors (Lipinski definition) is 2. The van der Waals surface area contributed by atoms with E-state index in [0.717, 1.165) is 11.3 Å². The van der Waals surface area contributed by atoms with Crippen molar-refractivity contribution in [2.45, 2.75) is 19.5 Å². The van der Waals surface area contributed by atoms with Crippen molar-refractivity contribution < 1.29 is 9.90 Å². The van der Waals surface area contributed by atoms with Gasteiger partial charge in [-0.1, -0.05) is 30.3 Å². The summed E-state index contributed by atoms with van der Waals surface area (Å²) in [6.45, 7) is 1.95. The molecule has 0 saturated heterocycles. The molecule has 2 aromatic rings. The molecule has 0 radical (unpaired) electrons. The van der Waals surface area contributed by atoms with Crippen molar-refractivity contribution in [2.24, 2.45) is 7.05 Å². The molecule has 0 amide bonds. The van der Waals surface area contributed by atoms with Crippen LogP contribution in [0, 0.1) is 0 Å².